The molecule has 0 bridgehead atoms. The minimum absolute atomic E-state index is 0.0775. The largest absolute Gasteiger partial charge is 0.486 e. The molecule has 3 nitrogen and oxygen atoms in total. The minimum atomic E-state index is 0.0775. The highest BCUT2D eigenvalue weighted by atomic mass is 35.5. The van der Waals surface area contributed by atoms with Gasteiger partial charge < -0.3 is 14.8 Å². The molecule has 0 fully saturated rings. The van der Waals surface area contributed by atoms with Gasteiger partial charge in [-0.1, -0.05) is 11.6 Å². The summed E-state index contributed by atoms with van der Waals surface area (Å²) in [5.41, 5.74) is 0. The summed E-state index contributed by atoms with van der Waals surface area (Å²) in [5, 5.41) is 3.71. The smallest absolute Gasteiger partial charge is 0.162 e. The van der Waals surface area contributed by atoms with Gasteiger partial charge in [-0.2, -0.15) is 0 Å². The minimum Gasteiger partial charge on any atom is -0.486 e. The maximum Gasteiger partial charge on any atom is 0.162 e. The Morgan fingerprint density at radius 1 is 1.50 bits per heavy atom. The van der Waals surface area contributed by atoms with Crippen molar-refractivity contribution in [2.75, 3.05) is 20.2 Å². The highest BCUT2D eigenvalue weighted by molar-refractivity contribution is 6.30. The summed E-state index contributed by atoms with van der Waals surface area (Å²) in [4.78, 5) is 0. The van der Waals surface area contributed by atoms with Crippen molar-refractivity contribution in [3.63, 3.8) is 0 Å². The van der Waals surface area contributed by atoms with Crippen LogP contribution < -0.4 is 14.8 Å². The molecule has 76 valence electrons. The first-order chi connectivity index (χ1) is 6.79. The van der Waals surface area contributed by atoms with Crippen LogP contribution in [-0.2, 0) is 0 Å². The Labute approximate surface area is 88.0 Å². The van der Waals surface area contributed by atoms with Crippen LogP contribution in [0.4, 0.5) is 0 Å². The molecule has 1 aliphatic heterocycles. The Balaban J connectivity index is 2.15. The van der Waals surface area contributed by atoms with Crippen molar-refractivity contribution in [2.45, 2.75) is 6.10 Å². The monoisotopic (exact) mass is 213 g/mol. The zero-order valence-electron chi connectivity index (χ0n) is 7.92. The second-order valence-electron chi connectivity index (χ2n) is 3.20. The number of rotatable bonds is 2. The summed E-state index contributed by atoms with van der Waals surface area (Å²) in [6.07, 6.45) is 0.0775. The van der Waals surface area contributed by atoms with Crippen LogP contribution in [-0.4, -0.2) is 26.3 Å². The van der Waals surface area contributed by atoms with Gasteiger partial charge in [0.1, 0.15) is 12.7 Å². The third kappa shape index (κ3) is 1.94. The van der Waals surface area contributed by atoms with E-state index in [0.717, 1.165) is 18.0 Å². The number of hydrogen-bond donors (Lipinski definition) is 1. The summed E-state index contributed by atoms with van der Waals surface area (Å²) in [6.45, 7) is 1.34. The van der Waals surface area contributed by atoms with Gasteiger partial charge in [-0.05, 0) is 19.2 Å². The average Bonchev–Trinajstić information content (AvgIpc) is 2.19. The van der Waals surface area contributed by atoms with Gasteiger partial charge >= 0.3 is 0 Å². The van der Waals surface area contributed by atoms with Crippen molar-refractivity contribution in [3.8, 4) is 11.5 Å². The highest BCUT2D eigenvalue weighted by Crippen LogP contribution is 2.33. The molecule has 1 atom stereocenters. The second kappa shape index (κ2) is 4.07. The quantitative estimate of drug-likeness (QED) is 0.811. The third-order valence-corrected chi connectivity index (χ3v) is 2.29. The van der Waals surface area contributed by atoms with E-state index in [1.165, 1.54) is 0 Å². The predicted molar refractivity (Wildman–Crippen MR) is 55.3 cm³/mol. The van der Waals surface area contributed by atoms with Crippen LogP contribution in [0, 0.1) is 0 Å². The van der Waals surface area contributed by atoms with E-state index in [4.69, 9.17) is 21.1 Å². The predicted octanol–water partition coefficient (Wildman–Crippen LogP) is 1.70. The summed E-state index contributed by atoms with van der Waals surface area (Å²) in [5.74, 6) is 1.49. The summed E-state index contributed by atoms with van der Waals surface area (Å²) in [6, 6.07) is 5.40. The molecule has 1 aliphatic rings. The number of hydrogen-bond acceptors (Lipinski definition) is 3. The molecule has 1 N–H and O–H groups in total. The van der Waals surface area contributed by atoms with Crippen LogP contribution in [0.25, 0.3) is 0 Å². The standard InChI is InChI=1S/C10H12ClNO2/c1-12-5-8-6-13-10-4-7(11)2-3-9(10)14-8/h2-4,8,12H,5-6H2,1H3. The van der Waals surface area contributed by atoms with Crippen molar-refractivity contribution in [3.05, 3.63) is 23.2 Å². The van der Waals surface area contributed by atoms with E-state index in [1.807, 2.05) is 13.1 Å². The van der Waals surface area contributed by atoms with Gasteiger partial charge in [-0.25, -0.2) is 0 Å². The number of nitrogens with one attached hydrogen (secondary N) is 1. The van der Waals surface area contributed by atoms with Gasteiger partial charge in [-0.3, -0.25) is 0 Å². The lowest BCUT2D eigenvalue weighted by molar-refractivity contribution is 0.0919. The molecule has 0 aliphatic carbocycles. The summed E-state index contributed by atoms with van der Waals surface area (Å²) in [7, 11) is 1.89. The van der Waals surface area contributed by atoms with Crippen molar-refractivity contribution < 1.29 is 9.47 Å². The SMILES string of the molecule is CNCC1COc2cc(Cl)ccc2O1. The highest BCUT2D eigenvalue weighted by Gasteiger charge is 2.20. The van der Waals surface area contributed by atoms with Crippen LogP contribution >= 0.6 is 11.6 Å². The molecule has 4 heteroatoms. The lowest BCUT2D eigenvalue weighted by atomic mass is 10.2. The maximum atomic E-state index is 5.83. The molecule has 0 aromatic heterocycles. The van der Waals surface area contributed by atoms with Crippen LogP contribution in [0.1, 0.15) is 0 Å². The Hall–Kier alpha value is -0.930. The molecule has 1 heterocycles. The van der Waals surface area contributed by atoms with E-state index >= 15 is 0 Å². The van der Waals surface area contributed by atoms with Crippen LogP contribution in [0.3, 0.4) is 0 Å². The lowest BCUT2D eigenvalue weighted by Gasteiger charge is -2.26. The van der Waals surface area contributed by atoms with Crippen LogP contribution in [0.5, 0.6) is 11.5 Å². The second-order valence-corrected chi connectivity index (χ2v) is 3.64. The molecule has 1 unspecified atom stereocenters. The van der Waals surface area contributed by atoms with E-state index in [0.29, 0.717) is 11.6 Å². The Kier molecular flexibility index (Phi) is 2.79. The third-order valence-electron chi connectivity index (χ3n) is 2.06. The molecule has 0 radical (unpaired) electrons. The molecular weight excluding hydrogens is 202 g/mol. The zero-order chi connectivity index (χ0) is 9.97. The van der Waals surface area contributed by atoms with Crippen LogP contribution in [0.15, 0.2) is 18.2 Å². The van der Waals surface area contributed by atoms with Gasteiger partial charge in [0, 0.05) is 17.6 Å². The summed E-state index contributed by atoms with van der Waals surface area (Å²) >= 11 is 5.83. The topological polar surface area (TPSA) is 30.5 Å². The molecular formula is C10H12ClNO2. The molecule has 0 saturated heterocycles. The number of fused-ring (bicyclic) bond motifs is 1. The fraction of sp³-hybridized carbons (Fsp3) is 0.400. The van der Waals surface area contributed by atoms with E-state index < -0.39 is 0 Å². The van der Waals surface area contributed by atoms with Crippen molar-refractivity contribution in [2.24, 2.45) is 0 Å². The van der Waals surface area contributed by atoms with Crippen molar-refractivity contribution in [1.82, 2.24) is 5.32 Å². The molecule has 2 rings (SSSR count). The van der Waals surface area contributed by atoms with Gasteiger partial charge in [0.05, 0.1) is 0 Å². The Morgan fingerprint density at radius 2 is 2.36 bits per heavy atom. The van der Waals surface area contributed by atoms with E-state index in [1.54, 1.807) is 12.1 Å². The Bertz CT molecular complexity index is 330. The first-order valence-electron chi connectivity index (χ1n) is 4.53. The first kappa shape index (κ1) is 9.62. The number of likely N-dealkylation sites (N-methyl/N-ethyl adjacent to an activating group) is 1. The molecule has 14 heavy (non-hydrogen) atoms. The molecule has 0 amide bonds. The van der Waals surface area contributed by atoms with E-state index in [9.17, 15) is 0 Å². The van der Waals surface area contributed by atoms with Crippen molar-refractivity contribution >= 4 is 11.6 Å². The molecule has 1 aromatic carbocycles. The number of halogens is 1. The van der Waals surface area contributed by atoms with Gasteiger partial charge in [-0.15, -0.1) is 0 Å². The van der Waals surface area contributed by atoms with E-state index in [2.05, 4.69) is 5.32 Å². The van der Waals surface area contributed by atoms with Crippen molar-refractivity contribution in [1.29, 1.82) is 0 Å². The number of ether oxygens (including phenoxy) is 2. The normalized spacial score (nSPS) is 19.4. The average molecular weight is 214 g/mol. The molecule has 1 aromatic rings. The molecule has 0 saturated carbocycles. The van der Waals surface area contributed by atoms with Crippen LogP contribution in [0.2, 0.25) is 5.02 Å². The van der Waals surface area contributed by atoms with E-state index in [-0.39, 0.29) is 6.10 Å². The first-order valence-corrected chi connectivity index (χ1v) is 4.91. The number of benzene rings is 1. The van der Waals surface area contributed by atoms with Gasteiger partial charge in [0.25, 0.3) is 0 Å². The Morgan fingerprint density at radius 3 is 3.14 bits per heavy atom. The fourth-order valence-corrected chi connectivity index (χ4v) is 1.58. The lowest BCUT2D eigenvalue weighted by Crippen LogP contribution is -2.37. The fourth-order valence-electron chi connectivity index (χ4n) is 1.42. The van der Waals surface area contributed by atoms with Gasteiger partial charge in [0.15, 0.2) is 11.5 Å². The zero-order valence-corrected chi connectivity index (χ0v) is 8.67. The molecule has 0 spiro atoms. The summed E-state index contributed by atoms with van der Waals surface area (Å²) < 4.78 is 11.2. The maximum absolute atomic E-state index is 5.83. The van der Waals surface area contributed by atoms with Gasteiger partial charge in [0.2, 0.25) is 0 Å².